The van der Waals surface area contributed by atoms with E-state index < -0.39 is 0 Å². The minimum Gasteiger partial charge on any atom is -0.265 e. The summed E-state index contributed by atoms with van der Waals surface area (Å²) in [6.07, 6.45) is 14.6. The van der Waals surface area contributed by atoms with Gasteiger partial charge in [0.2, 0.25) is 0 Å². The van der Waals surface area contributed by atoms with Crippen LogP contribution >= 0.6 is 0 Å². The van der Waals surface area contributed by atoms with Gasteiger partial charge in [0.1, 0.15) is 0 Å². The molecule has 0 aliphatic carbocycles. The van der Waals surface area contributed by atoms with Gasteiger partial charge in [-0.3, -0.25) is 19.9 Å². The molecule has 0 saturated heterocycles. The van der Waals surface area contributed by atoms with Crippen molar-refractivity contribution >= 4 is 0 Å². The second-order valence-electron chi connectivity index (χ2n) is 9.95. The van der Waals surface area contributed by atoms with Crippen molar-refractivity contribution in [3.63, 3.8) is 0 Å². The van der Waals surface area contributed by atoms with Crippen LogP contribution in [0.4, 0.5) is 0 Å². The molecule has 42 heavy (non-hydrogen) atoms. The van der Waals surface area contributed by atoms with Gasteiger partial charge in [0, 0.05) is 60.7 Å². The maximum absolute atomic E-state index is 5.20. The molecule has 0 radical (unpaired) electrons. The van der Waals surface area contributed by atoms with Gasteiger partial charge < -0.3 is 0 Å². The normalized spacial score (nSPS) is 10.9. The average Bonchev–Trinajstić information content (AvgIpc) is 3.09. The van der Waals surface area contributed by atoms with E-state index in [1.807, 2.05) is 98.1 Å². The zero-order valence-corrected chi connectivity index (χ0v) is 22.7. The first-order valence-electron chi connectivity index (χ1n) is 13.7. The molecule has 5 aromatic heterocycles. The standard InChI is InChI=1S/C37H25N5/c1-2-36(34-22-30(26-4-12-38-13-5-26)20-31(23-34)27-6-14-39-15-7-27)42-37(3-1)35-24-32(28-8-16-40-17-9-28)21-33(25-35)29-10-18-41-19-11-29/h1-25H. The van der Waals surface area contributed by atoms with E-state index in [1.165, 1.54) is 0 Å². The summed E-state index contributed by atoms with van der Waals surface area (Å²) < 4.78 is 0. The molecule has 7 rings (SSSR count). The molecule has 5 nitrogen and oxygen atoms in total. The largest absolute Gasteiger partial charge is 0.265 e. The predicted molar refractivity (Wildman–Crippen MR) is 168 cm³/mol. The van der Waals surface area contributed by atoms with Crippen LogP contribution in [-0.2, 0) is 0 Å². The minimum atomic E-state index is 0.901. The number of hydrogen-bond acceptors (Lipinski definition) is 5. The quantitative estimate of drug-likeness (QED) is 0.212. The van der Waals surface area contributed by atoms with E-state index in [1.54, 1.807) is 0 Å². The van der Waals surface area contributed by atoms with E-state index in [4.69, 9.17) is 4.98 Å². The number of hydrogen-bond donors (Lipinski definition) is 0. The third-order valence-corrected chi connectivity index (χ3v) is 7.26. The molecule has 0 spiro atoms. The molecular formula is C37H25N5. The van der Waals surface area contributed by atoms with Gasteiger partial charge in [-0.1, -0.05) is 6.07 Å². The van der Waals surface area contributed by atoms with Gasteiger partial charge in [-0.15, -0.1) is 0 Å². The maximum Gasteiger partial charge on any atom is 0.0709 e. The fraction of sp³-hybridized carbons (Fsp3) is 0. The Morgan fingerprint density at radius 3 is 0.810 bits per heavy atom. The zero-order chi connectivity index (χ0) is 28.1. The lowest BCUT2D eigenvalue weighted by atomic mass is 9.94. The van der Waals surface area contributed by atoms with E-state index in [0.717, 1.165) is 67.0 Å². The van der Waals surface area contributed by atoms with E-state index in [-0.39, 0.29) is 0 Å². The Hall–Kier alpha value is -5.81. The van der Waals surface area contributed by atoms with E-state index in [0.29, 0.717) is 0 Å². The fourth-order valence-electron chi connectivity index (χ4n) is 5.15. The van der Waals surface area contributed by atoms with Gasteiger partial charge in [0.15, 0.2) is 0 Å². The molecule has 0 unspecified atom stereocenters. The average molecular weight is 540 g/mol. The summed E-state index contributed by atoms with van der Waals surface area (Å²) in [6, 6.07) is 35.7. The number of benzene rings is 2. The van der Waals surface area contributed by atoms with E-state index >= 15 is 0 Å². The van der Waals surface area contributed by atoms with Crippen LogP contribution in [-0.4, -0.2) is 24.9 Å². The van der Waals surface area contributed by atoms with Gasteiger partial charge in [0.05, 0.1) is 11.4 Å². The minimum absolute atomic E-state index is 0.901. The molecule has 5 heteroatoms. The highest BCUT2D eigenvalue weighted by atomic mass is 14.7. The van der Waals surface area contributed by atoms with Crippen molar-refractivity contribution in [3.05, 3.63) is 153 Å². The summed E-state index contributed by atoms with van der Waals surface area (Å²) >= 11 is 0. The number of rotatable bonds is 6. The fourth-order valence-corrected chi connectivity index (χ4v) is 5.15. The lowest BCUT2D eigenvalue weighted by Gasteiger charge is -2.13. The van der Waals surface area contributed by atoms with Crippen molar-refractivity contribution in [1.29, 1.82) is 0 Å². The molecule has 5 heterocycles. The monoisotopic (exact) mass is 539 g/mol. The molecule has 0 N–H and O–H groups in total. The Balaban J connectivity index is 1.37. The summed E-state index contributed by atoms with van der Waals surface area (Å²) in [7, 11) is 0. The Morgan fingerprint density at radius 1 is 0.262 bits per heavy atom. The highest BCUT2D eigenvalue weighted by Gasteiger charge is 2.12. The molecule has 0 amide bonds. The van der Waals surface area contributed by atoms with Gasteiger partial charge in [-0.25, -0.2) is 4.98 Å². The highest BCUT2D eigenvalue weighted by molar-refractivity contribution is 5.83. The van der Waals surface area contributed by atoms with Crippen LogP contribution in [0.3, 0.4) is 0 Å². The van der Waals surface area contributed by atoms with Crippen LogP contribution in [0.1, 0.15) is 0 Å². The molecule has 0 aliphatic rings. The maximum atomic E-state index is 5.20. The zero-order valence-electron chi connectivity index (χ0n) is 22.7. The second kappa shape index (κ2) is 11.4. The van der Waals surface area contributed by atoms with Gasteiger partial charge >= 0.3 is 0 Å². The van der Waals surface area contributed by atoms with Crippen molar-refractivity contribution in [2.24, 2.45) is 0 Å². The van der Waals surface area contributed by atoms with Crippen LogP contribution in [0, 0.1) is 0 Å². The van der Waals surface area contributed by atoms with Gasteiger partial charge in [-0.2, -0.15) is 0 Å². The summed E-state index contributed by atoms with van der Waals surface area (Å²) in [4.78, 5) is 22.0. The van der Waals surface area contributed by atoms with Crippen molar-refractivity contribution in [3.8, 4) is 67.0 Å². The predicted octanol–water partition coefficient (Wildman–Crippen LogP) is 8.66. The van der Waals surface area contributed by atoms with Gasteiger partial charge in [0.25, 0.3) is 0 Å². The number of nitrogens with zero attached hydrogens (tertiary/aromatic N) is 5. The third kappa shape index (κ3) is 5.31. The highest BCUT2D eigenvalue weighted by Crippen LogP contribution is 2.35. The molecule has 0 atom stereocenters. The Labute approximate surface area is 244 Å². The lowest BCUT2D eigenvalue weighted by Crippen LogP contribution is -1.92. The summed E-state index contributed by atoms with van der Waals surface area (Å²) in [5.74, 6) is 0. The summed E-state index contributed by atoms with van der Waals surface area (Å²) in [5, 5.41) is 0. The number of aromatic nitrogens is 5. The topological polar surface area (TPSA) is 64.5 Å². The molecular weight excluding hydrogens is 514 g/mol. The Morgan fingerprint density at radius 2 is 0.524 bits per heavy atom. The first-order chi connectivity index (χ1) is 20.8. The molecule has 198 valence electrons. The summed E-state index contributed by atoms with van der Waals surface area (Å²) in [5.41, 5.74) is 12.7. The second-order valence-corrected chi connectivity index (χ2v) is 9.95. The molecule has 7 aromatic rings. The first kappa shape index (κ1) is 25.2. The molecule has 0 aliphatic heterocycles. The first-order valence-corrected chi connectivity index (χ1v) is 13.7. The third-order valence-electron chi connectivity index (χ3n) is 7.26. The van der Waals surface area contributed by atoms with Crippen molar-refractivity contribution in [1.82, 2.24) is 24.9 Å². The van der Waals surface area contributed by atoms with Crippen molar-refractivity contribution < 1.29 is 0 Å². The SMILES string of the molecule is c1cc(-c2cc(-c3ccncc3)cc(-c3ccncc3)c2)nc(-c2cc(-c3ccncc3)cc(-c3ccncc3)c2)c1. The van der Waals surface area contributed by atoms with Crippen molar-refractivity contribution in [2.75, 3.05) is 0 Å². The van der Waals surface area contributed by atoms with Gasteiger partial charge in [-0.05, 0) is 142 Å². The Bertz CT molecular complexity index is 1700. The van der Waals surface area contributed by atoms with Crippen LogP contribution in [0.5, 0.6) is 0 Å². The van der Waals surface area contributed by atoms with Crippen LogP contribution in [0.25, 0.3) is 67.0 Å². The lowest BCUT2D eigenvalue weighted by molar-refractivity contribution is 1.31. The molecule has 2 aromatic carbocycles. The van der Waals surface area contributed by atoms with Crippen molar-refractivity contribution in [2.45, 2.75) is 0 Å². The van der Waals surface area contributed by atoms with E-state index in [9.17, 15) is 0 Å². The smallest absolute Gasteiger partial charge is 0.0709 e. The van der Waals surface area contributed by atoms with E-state index in [2.05, 4.69) is 74.5 Å². The van der Waals surface area contributed by atoms with Crippen LogP contribution in [0.2, 0.25) is 0 Å². The Kier molecular flexibility index (Phi) is 6.81. The van der Waals surface area contributed by atoms with Crippen LogP contribution < -0.4 is 0 Å². The molecule has 0 fully saturated rings. The number of pyridine rings is 5. The molecule has 0 bridgehead atoms. The molecule has 0 saturated carbocycles. The van der Waals surface area contributed by atoms with Crippen LogP contribution in [0.15, 0.2) is 153 Å². The summed E-state index contributed by atoms with van der Waals surface area (Å²) in [6.45, 7) is 0.